The summed E-state index contributed by atoms with van der Waals surface area (Å²) in [6.45, 7) is 2.03. The fraction of sp³-hybridized carbons (Fsp3) is 0.263. The molecule has 26 heavy (non-hydrogen) atoms. The largest absolute Gasteiger partial charge is 0.493 e. The molecule has 136 valence electrons. The second-order valence-corrected chi connectivity index (χ2v) is 6.71. The lowest BCUT2D eigenvalue weighted by Gasteiger charge is -2.12. The van der Waals surface area contributed by atoms with Crippen molar-refractivity contribution in [2.75, 3.05) is 14.2 Å². The number of hydrogen-bond donors (Lipinski definition) is 0. The molecule has 0 amide bonds. The number of rotatable bonds is 6. The van der Waals surface area contributed by atoms with Gasteiger partial charge in [0.2, 0.25) is 0 Å². The van der Waals surface area contributed by atoms with Crippen LogP contribution in [0.4, 0.5) is 4.39 Å². The van der Waals surface area contributed by atoms with E-state index in [-0.39, 0.29) is 5.82 Å². The van der Waals surface area contributed by atoms with Crippen LogP contribution in [-0.4, -0.2) is 29.0 Å². The van der Waals surface area contributed by atoms with Gasteiger partial charge < -0.3 is 14.0 Å². The van der Waals surface area contributed by atoms with Crippen LogP contribution in [0, 0.1) is 12.7 Å². The van der Waals surface area contributed by atoms with E-state index in [1.165, 1.54) is 17.8 Å². The first-order valence-corrected chi connectivity index (χ1v) is 9.02. The van der Waals surface area contributed by atoms with Gasteiger partial charge in [0.1, 0.15) is 5.82 Å². The van der Waals surface area contributed by atoms with Gasteiger partial charge in [0, 0.05) is 12.8 Å². The van der Waals surface area contributed by atoms with Gasteiger partial charge in [0.25, 0.3) is 0 Å². The van der Waals surface area contributed by atoms with Gasteiger partial charge in [-0.25, -0.2) is 4.39 Å². The molecule has 7 heteroatoms. The van der Waals surface area contributed by atoms with Crippen molar-refractivity contribution in [1.82, 2.24) is 14.8 Å². The van der Waals surface area contributed by atoms with Crippen molar-refractivity contribution < 1.29 is 13.9 Å². The average molecular weight is 373 g/mol. The molecule has 0 spiro atoms. The number of thioether (sulfide) groups is 1. The normalized spacial score (nSPS) is 10.8. The highest BCUT2D eigenvalue weighted by molar-refractivity contribution is 7.98. The van der Waals surface area contributed by atoms with Crippen LogP contribution in [0.1, 0.15) is 11.1 Å². The quantitative estimate of drug-likeness (QED) is 0.605. The number of aromatic nitrogens is 3. The van der Waals surface area contributed by atoms with Crippen molar-refractivity contribution in [2.24, 2.45) is 7.05 Å². The predicted octanol–water partition coefficient (Wildman–Crippen LogP) is 4.24. The summed E-state index contributed by atoms with van der Waals surface area (Å²) in [7, 11) is 5.08. The second kappa shape index (κ2) is 7.78. The van der Waals surface area contributed by atoms with E-state index < -0.39 is 0 Å². The average Bonchev–Trinajstić information content (AvgIpc) is 3.01. The van der Waals surface area contributed by atoms with Crippen molar-refractivity contribution >= 4 is 11.8 Å². The number of hydrogen-bond acceptors (Lipinski definition) is 5. The zero-order chi connectivity index (χ0) is 18.7. The van der Waals surface area contributed by atoms with E-state index >= 15 is 0 Å². The molecule has 0 aliphatic rings. The van der Waals surface area contributed by atoms with Gasteiger partial charge in [-0.15, -0.1) is 10.2 Å². The van der Waals surface area contributed by atoms with Gasteiger partial charge in [-0.1, -0.05) is 23.9 Å². The Bertz CT molecular complexity index is 927. The lowest BCUT2D eigenvalue weighted by Crippen LogP contribution is -1.98. The molecule has 0 fully saturated rings. The van der Waals surface area contributed by atoms with E-state index in [1.807, 2.05) is 26.1 Å². The van der Waals surface area contributed by atoms with Gasteiger partial charge in [0.05, 0.1) is 19.8 Å². The molecular weight excluding hydrogens is 353 g/mol. The summed E-state index contributed by atoms with van der Waals surface area (Å²) >= 11 is 1.54. The minimum absolute atomic E-state index is 0.310. The molecular formula is C19H20FN3O2S. The summed E-state index contributed by atoms with van der Waals surface area (Å²) in [5.41, 5.74) is 2.66. The third-order valence-corrected chi connectivity index (χ3v) is 5.22. The highest BCUT2D eigenvalue weighted by atomic mass is 32.2. The molecule has 0 saturated carbocycles. The molecule has 0 aliphatic carbocycles. The van der Waals surface area contributed by atoms with Crippen LogP contribution in [0.3, 0.4) is 0 Å². The molecule has 0 atom stereocenters. The smallest absolute Gasteiger partial charge is 0.191 e. The van der Waals surface area contributed by atoms with Crippen molar-refractivity contribution in [2.45, 2.75) is 17.8 Å². The zero-order valence-electron chi connectivity index (χ0n) is 15.1. The topological polar surface area (TPSA) is 49.2 Å². The number of methoxy groups -OCH3 is 2. The first-order chi connectivity index (χ1) is 12.5. The zero-order valence-corrected chi connectivity index (χ0v) is 15.9. The highest BCUT2D eigenvalue weighted by Crippen LogP contribution is 2.33. The molecule has 0 saturated heterocycles. The molecule has 0 aliphatic heterocycles. The molecule has 0 radical (unpaired) electrons. The predicted molar refractivity (Wildman–Crippen MR) is 100 cm³/mol. The summed E-state index contributed by atoms with van der Waals surface area (Å²) in [5.74, 6) is 2.29. The SMILES string of the molecule is COc1cc(C)c(CSc2nnc(-c3ccccc3F)n2C)cc1OC. The Morgan fingerprint density at radius 2 is 1.77 bits per heavy atom. The van der Waals surface area contributed by atoms with Gasteiger partial charge in [-0.05, 0) is 42.3 Å². The molecule has 3 aromatic rings. The lowest BCUT2D eigenvalue weighted by molar-refractivity contribution is 0.354. The van der Waals surface area contributed by atoms with Gasteiger partial charge >= 0.3 is 0 Å². The molecule has 0 N–H and O–H groups in total. The molecule has 5 nitrogen and oxygen atoms in total. The van der Waals surface area contributed by atoms with Crippen LogP contribution in [-0.2, 0) is 12.8 Å². The molecule has 0 unspecified atom stereocenters. The van der Waals surface area contributed by atoms with E-state index in [0.29, 0.717) is 28.6 Å². The fourth-order valence-electron chi connectivity index (χ4n) is 2.64. The Balaban J connectivity index is 1.82. The van der Waals surface area contributed by atoms with E-state index in [0.717, 1.165) is 16.3 Å². The van der Waals surface area contributed by atoms with Crippen molar-refractivity contribution in [3.8, 4) is 22.9 Å². The van der Waals surface area contributed by atoms with Crippen molar-refractivity contribution in [3.63, 3.8) is 0 Å². The van der Waals surface area contributed by atoms with E-state index in [1.54, 1.807) is 37.0 Å². The van der Waals surface area contributed by atoms with E-state index in [4.69, 9.17) is 9.47 Å². The Morgan fingerprint density at radius 1 is 1.08 bits per heavy atom. The molecule has 1 heterocycles. The number of aryl methyl sites for hydroxylation is 1. The summed E-state index contributed by atoms with van der Waals surface area (Å²) in [5, 5.41) is 9.08. The Hall–Kier alpha value is -2.54. The summed E-state index contributed by atoms with van der Waals surface area (Å²) in [4.78, 5) is 0. The second-order valence-electron chi connectivity index (χ2n) is 5.77. The summed E-state index contributed by atoms with van der Waals surface area (Å²) < 4.78 is 26.5. The number of ether oxygens (including phenoxy) is 2. The Kier molecular flexibility index (Phi) is 5.46. The first kappa shape index (κ1) is 18.3. The molecule has 0 bridgehead atoms. The van der Waals surface area contributed by atoms with Crippen LogP contribution in [0.25, 0.3) is 11.4 Å². The van der Waals surface area contributed by atoms with Crippen LogP contribution in [0.5, 0.6) is 11.5 Å². The van der Waals surface area contributed by atoms with Crippen molar-refractivity contribution in [3.05, 3.63) is 53.3 Å². The van der Waals surface area contributed by atoms with E-state index in [9.17, 15) is 4.39 Å². The Labute approximate surface area is 156 Å². The molecule has 2 aromatic carbocycles. The lowest BCUT2D eigenvalue weighted by atomic mass is 10.1. The van der Waals surface area contributed by atoms with Crippen molar-refractivity contribution in [1.29, 1.82) is 0 Å². The standard InChI is InChI=1S/C19H20FN3O2S/c1-12-9-16(24-3)17(25-4)10-13(12)11-26-19-22-21-18(23(19)2)14-7-5-6-8-15(14)20/h5-10H,11H2,1-4H3. The maximum absolute atomic E-state index is 14.0. The summed E-state index contributed by atoms with van der Waals surface area (Å²) in [6.07, 6.45) is 0. The van der Waals surface area contributed by atoms with E-state index in [2.05, 4.69) is 10.2 Å². The minimum atomic E-state index is -0.310. The maximum Gasteiger partial charge on any atom is 0.191 e. The minimum Gasteiger partial charge on any atom is -0.493 e. The number of nitrogens with zero attached hydrogens (tertiary/aromatic N) is 3. The Morgan fingerprint density at radius 3 is 2.46 bits per heavy atom. The third-order valence-electron chi connectivity index (χ3n) is 4.15. The van der Waals surface area contributed by atoms with Crippen LogP contribution >= 0.6 is 11.8 Å². The van der Waals surface area contributed by atoms with Gasteiger partial charge in [-0.3, -0.25) is 0 Å². The monoisotopic (exact) mass is 373 g/mol. The van der Waals surface area contributed by atoms with Gasteiger partial charge in [0.15, 0.2) is 22.5 Å². The third kappa shape index (κ3) is 3.53. The maximum atomic E-state index is 14.0. The van der Waals surface area contributed by atoms with Crippen LogP contribution in [0.15, 0.2) is 41.6 Å². The van der Waals surface area contributed by atoms with Crippen LogP contribution in [0.2, 0.25) is 0 Å². The molecule has 1 aromatic heterocycles. The number of benzene rings is 2. The van der Waals surface area contributed by atoms with Gasteiger partial charge in [-0.2, -0.15) is 0 Å². The molecule has 3 rings (SSSR count). The van der Waals surface area contributed by atoms with Crippen LogP contribution < -0.4 is 9.47 Å². The highest BCUT2D eigenvalue weighted by Gasteiger charge is 2.15. The fourth-order valence-corrected chi connectivity index (χ4v) is 3.61. The first-order valence-electron chi connectivity index (χ1n) is 8.03. The number of halogens is 1. The summed E-state index contributed by atoms with van der Waals surface area (Å²) in [6, 6.07) is 10.5.